The Labute approximate surface area is 146 Å². The first-order valence-corrected chi connectivity index (χ1v) is 9.08. The molecule has 0 unspecified atom stereocenters. The summed E-state index contributed by atoms with van der Waals surface area (Å²) in [4.78, 5) is 7.39. The lowest BCUT2D eigenvalue weighted by atomic mass is 10.2. The number of nitrogens with one attached hydrogen (secondary N) is 2. The van der Waals surface area contributed by atoms with Gasteiger partial charge in [0.2, 0.25) is 6.79 Å². The highest BCUT2D eigenvalue weighted by atomic mass is 32.1. The third kappa shape index (κ3) is 4.20. The molecule has 24 heavy (non-hydrogen) atoms. The summed E-state index contributed by atoms with van der Waals surface area (Å²) in [5, 5.41) is 6.67. The Morgan fingerprint density at radius 2 is 1.92 bits per heavy atom. The molecule has 0 aliphatic carbocycles. The summed E-state index contributed by atoms with van der Waals surface area (Å²) < 4.78 is 10.7. The summed E-state index contributed by atoms with van der Waals surface area (Å²) >= 11 is 1.85. The van der Waals surface area contributed by atoms with Gasteiger partial charge in [0, 0.05) is 16.3 Å². The van der Waals surface area contributed by atoms with Gasteiger partial charge in [-0.3, -0.25) is 0 Å². The van der Waals surface area contributed by atoms with Crippen LogP contribution in [0.15, 0.2) is 35.3 Å². The number of benzene rings is 1. The van der Waals surface area contributed by atoms with Gasteiger partial charge in [0.25, 0.3) is 0 Å². The van der Waals surface area contributed by atoms with Crippen molar-refractivity contribution in [2.24, 2.45) is 4.99 Å². The second-order valence-electron chi connectivity index (χ2n) is 5.46. The monoisotopic (exact) mass is 345 g/mol. The van der Waals surface area contributed by atoms with Crippen molar-refractivity contribution in [1.82, 2.24) is 10.6 Å². The van der Waals surface area contributed by atoms with Crippen molar-refractivity contribution >= 4 is 17.3 Å². The van der Waals surface area contributed by atoms with E-state index in [1.54, 1.807) is 0 Å². The molecule has 6 heteroatoms. The number of guanidine groups is 1. The van der Waals surface area contributed by atoms with Gasteiger partial charge in [-0.1, -0.05) is 13.0 Å². The standard InChI is InChI=1S/C18H23N3O2S/c1-3-14-6-7-15(24-14)11-21-18(19-4-2)20-10-13-5-8-16-17(9-13)23-12-22-16/h5-9H,3-4,10-12H2,1-2H3,(H2,19,20,21). The fourth-order valence-electron chi connectivity index (χ4n) is 2.43. The average Bonchev–Trinajstić information content (AvgIpc) is 3.25. The van der Waals surface area contributed by atoms with Crippen LogP contribution in [0.2, 0.25) is 0 Å². The van der Waals surface area contributed by atoms with Gasteiger partial charge in [0.1, 0.15) is 0 Å². The Morgan fingerprint density at radius 1 is 1.08 bits per heavy atom. The highest BCUT2D eigenvalue weighted by Gasteiger charge is 2.13. The lowest BCUT2D eigenvalue weighted by molar-refractivity contribution is 0.174. The molecule has 128 valence electrons. The van der Waals surface area contributed by atoms with Gasteiger partial charge in [0.15, 0.2) is 17.5 Å². The van der Waals surface area contributed by atoms with Crippen LogP contribution in [-0.2, 0) is 19.5 Å². The molecule has 1 aromatic carbocycles. The van der Waals surface area contributed by atoms with E-state index in [4.69, 9.17) is 9.47 Å². The largest absolute Gasteiger partial charge is 0.454 e. The van der Waals surface area contributed by atoms with E-state index < -0.39 is 0 Å². The van der Waals surface area contributed by atoms with Gasteiger partial charge in [-0.05, 0) is 43.2 Å². The van der Waals surface area contributed by atoms with Crippen LogP contribution >= 0.6 is 11.3 Å². The third-order valence-electron chi connectivity index (χ3n) is 3.70. The first-order valence-electron chi connectivity index (χ1n) is 8.26. The summed E-state index contributed by atoms with van der Waals surface area (Å²) in [6.07, 6.45) is 1.09. The minimum absolute atomic E-state index is 0.298. The van der Waals surface area contributed by atoms with Crippen LogP contribution in [0.1, 0.15) is 29.2 Å². The second kappa shape index (κ2) is 8.06. The van der Waals surface area contributed by atoms with E-state index in [-0.39, 0.29) is 0 Å². The number of aryl methyl sites for hydroxylation is 1. The highest BCUT2D eigenvalue weighted by molar-refractivity contribution is 7.11. The van der Waals surface area contributed by atoms with E-state index in [1.165, 1.54) is 9.75 Å². The summed E-state index contributed by atoms with van der Waals surface area (Å²) in [7, 11) is 0. The maximum absolute atomic E-state index is 5.41. The minimum atomic E-state index is 0.298. The van der Waals surface area contributed by atoms with Crippen molar-refractivity contribution in [3.8, 4) is 11.5 Å². The van der Waals surface area contributed by atoms with Crippen LogP contribution in [0.4, 0.5) is 0 Å². The molecule has 1 aliphatic rings. The van der Waals surface area contributed by atoms with Crippen LogP contribution in [0.5, 0.6) is 11.5 Å². The van der Waals surface area contributed by atoms with Gasteiger partial charge in [-0.2, -0.15) is 0 Å². The van der Waals surface area contributed by atoms with Gasteiger partial charge in [-0.15, -0.1) is 11.3 Å². The quantitative estimate of drug-likeness (QED) is 0.623. The van der Waals surface area contributed by atoms with Crippen molar-refractivity contribution in [2.75, 3.05) is 13.3 Å². The number of fused-ring (bicyclic) bond motifs is 1. The van der Waals surface area contributed by atoms with Crippen LogP contribution in [0.25, 0.3) is 0 Å². The number of rotatable bonds is 6. The summed E-state index contributed by atoms with van der Waals surface area (Å²) in [5.74, 6) is 2.42. The molecular weight excluding hydrogens is 322 g/mol. The van der Waals surface area contributed by atoms with E-state index in [9.17, 15) is 0 Å². The zero-order chi connectivity index (χ0) is 16.8. The van der Waals surface area contributed by atoms with Gasteiger partial charge >= 0.3 is 0 Å². The molecule has 2 heterocycles. The second-order valence-corrected chi connectivity index (χ2v) is 6.71. The smallest absolute Gasteiger partial charge is 0.231 e. The Kier molecular flexibility index (Phi) is 5.59. The van der Waals surface area contributed by atoms with Crippen molar-refractivity contribution < 1.29 is 9.47 Å². The predicted octanol–water partition coefficient (Wildman–Crippen LogP) is 3.29. The third-order valence-corrected chi connectivity index (χ3v) is 4.93. The van der Waals surface area contributed by atoms with E-state index in [0.717, 1.165) is 42.5 Å². The molecule has 2 N–H and O–H groups in total. The normalized spacial score (nSPS) is 13.2. The zero-order valence-electron chi connectivity index (χ0n) is 14.1. The van der Waals surface area contributed by atoms with Crippen molar-refractivity contribution in [3.63, 3.8) is 0 Å². The average molecular weight is 345 g/mol. The van der Waals surface area contributed by atoms with Crippen LogP contribution in [-0.4, -0.2) is 19.3 Å². The maximum atomic E-state index is 5.41. The Bertz CT molecular complexity index is 712. The Balaban J connectivity index is 1.60. The van der Waals surface area contributed by atoms with Gasteiger partial charge in [-0.25, -0.2) is 4.99 Å². The number of hydrogen-bond acceptors (Lipinski definition) is 4. The summed E-state index contributed by atoms with van der Waals surface area (Å²) in [6, 6.07) is 10.3. The van der Waals surface area contributed by atoms with Gasteiger partial charge in [0.05, 0.1) is 13.1 Å². The molecule has 0 saturated heterocycles. The molecule has 1 aliphatic heterocycles. The fraction of sp³-hybridized carbons (Fsp3) is 0.389. The summed E-state index contributed by atoms with van der Waals surface area (Å²) in [6.45, 7) is 6.76. The number of ether oxygens (including phenoxy) is 2. The summed E-state index contributed by atoms with van der Waals surface area (Å²) in [5.41, 5.74) is 1.10. The van der Waals surface area contributed by atoms with E-state index >= 15 is 0 Å². The molecule has 0 radical (unpaired) electrons. The lowest BCUT2D eigenvalue weighted by Crippen LogP contribution is -2.36. The molecular formula is C18H23N3O2S. The van der Waals surface area contributed by atoms with E-state index in [1.807, 2.05) is 29.5 Å². The lowest BCUT2D eigenvalue weighted by Gasteiger charge is -2.10. The fourth-order valence-corrected chi connectivity index (χ4v) is 3.33. The topological polar surface area (TPSA) is 54.9 Å². The number of nitrogens with zero attached hydrogens (tertiary/aromatic N) is 1. The van der Waals surface area contributed by atoms with Crippen molar-refractivity contribution in [3.05, 3.63) is 45.6 Å². The van der Waals surface area contributed by atoms with Gasteiger partial charge < -0.3 is 20.1 Å². The van der Waals surface area contributed by atoms with Crippen LogP contribution in [0.3, 0.4) is 0 Å². The number of hydrogen-bond donors (Lipinski definition) is 2. The predicted molar refractivity (Wildman–Crippen MR) is 97.9 cm³/mol. The molecule has 0 atom stereocenters. The molecule has 0 saturated carbocycles. The minimum Gasteiger partial charge on any atom is -0.454 e. The van der Waals surface area contributed by atoms with E-state index in [2.05, 4.69) is 41.6 Å². The van der Waals surface area contributed by atoms with Crippen molar-refractivity contribution in [1.29, 1.82) is 0 Å². The zero-order valence-corrected chi connectivity index (χ0v) is 14.9. The first kappa shape index (κ1) is 16.6. The Morgan fingerprint density at radius 3 is 2.71 bits per heavy atom. The van der Waals surface area contributed by atoms with Crippen molar-refractivity contribution in [2.45, 2.75) is 33.4 Å². The molecule has 1 aromatic heterocycles. The first-order chi connectivity index (χ1) is 11.8. The number of thiophene rings is 1. The SMILES string of the molecule is CCNC(=NCc1ccc2c(c1)OCO2)NCc1ccc(CC)s1. The van der Waals surface area contributed by atoms with Crippen LogP contribution in [0, 0.1) is 0 Å². The molecule has 0 spiro atoms. The Hall–Kier alpha value is -2.21. The molecule has 0 bridgehead atoms. The maximum Gasteiger partial charge on any atom is 0.231 e. The highest BCUT2D eigenvalue weighted by Crippen LogP contribution is 2.32. The van der Waals surface area contributed by atoms with Crippen LogP contribution < -0.4 is 20.1 Å². The molecule has 5 nitrogen and oxygen atoms in total. The van der Waals surface area contributed by atoms with E-state index in [0.29, 0.717) is 13.3 Å². The molecule has 2 aromatic rings. The number of aliphatic imine (C=N–C) groups is 1. The molecule has 3 rings (SSSR count). The molecule has 0 fully saturated rings. The molecule has 0 amide bonds.